The highest BCUT2D eigenvalue weighted by Gasteiger charge is 2.19. The monoisotopic (exact) mass is 464 g/mol. The summed E-state index contributed by atoms with van der Waals surface area (Å²) in [5, 5.41) is 3.20. The Balaban J connectivity index is 1.49. The van der Waals surface area contributed by atoms with E-state index >= 15 is 0 Å². The van der Waals surface area contributed by atoms with Crippen LogP contribution in [0.2, 0.25) is 0 Å². The molecular formula is C25H28N4O3S. The molecule has 172 valence electrons. The van der Waals surface area contributed by atoms with Crippen LogP contribution in [0.1, 0.15) is 15.9 Å². The molecule has 1 fully saturated rings. The molecule has 0 aliphatic carbocycles. The van der Waals surface area contributed by atoms with E-state index in [1.54, 1.807) is 18.3 Å². The van der Waals surface area contributed by atoms with Gasteiger partial charge < -0.3 is 19.9 Å². The number of hydrogen-bond donors (Lipinski definition) is 1. The Morgan fingerprint density at radius 1 is 1.06 bits per heavy atom. The smallest absolute Gasteiger partial charge is 0.258 e. The van der Waals surface area contributed by atoms with Crippen molar-refractivity contribution >= 4 is 33.8 Å². The maximum absolute atomic E-state index is 13.2. The Hall–Kier alpha value is -3.23. The van der Waals surface area contributed by atoms with E-state index in [4.69, 9.17) is 4.74 Å². The Morgan fingerprint density at radius 3 is 2.52 bits per heavy atom. The number of amides is 1. The van der Waals surface area contributed by atoms with E-state index < -0.39 is 10.8 Å². The van der Waals surface area contributed by atoms with Gasteiger partial charge in [-0.25, -0.2) is 4.98 Å². The molecule has 2 heterocycles. The third-order valence-electron chi connectivity index (χ3n) is 5.49. The van der Waals surface area contributed by atoms with E-state index in [9.17, 15) is 9.00 Å². The first-order valence-corrected chi connectivity index (χ1v) is 12.2. The second-order valence-corrected chi connectivity index (χ2v) is 9.34. The molecular weight excluding hydrogens is 436 g/mol. The van der Waals surface area contributed by atoms with E-state index in [-0.39, 0.29) is 16.7 Å². The summed E-state index contributed by atoms with van der Waals surface area (Å²) in [4.78, 5) is 21.6. The van der Waals surface area contributed by atoms with Crippen LogP contribution < -0.4 is 15.1 Å². The molecule has 7 nitrogen and oxygen atoms in total. The highest BCUT2D eigenvalue weighted by Crippen LogP contribution is 2.24. The molecule has 1 atom stereocenters. The normalized spacial score (nSPS) is 14.5. The van der Waals surface area contributed by atoms with Gasteiger partial charge in [0.25, 0.3) is 5.91 Å². The minimum Gasteiger partial charge on any atom is -0.378 e. The summed E-state index contributed by atoms with van der Waals surface area (Å²) in [5.41, 5.74) is 4.02. The molecule has 3 aromatic rings. The lowest BCUT2D eigenvalue weighted by atomic mass is 10.2. The number of aromatic nitrogens is 1. The number of nitrogens with zero attached hydrogens (tertiary/aromatic N) is 3. The fraction of sp³-hybridized carbons (Fsp3) is 0.280. The number of hydrogen-bond acceptors (Lipinski definition) is 6. The Labute approximate surface area is 196 Å². The number of anilines is 3. The number of pyridine rings is 1. The molecule has 1 aliphatic heterocycles. The van der Waals surface area contributed by atoms with Gasteiger partial charge in [0.15, 0.2) is 0 Å². The predicted molar refractivity (Wildman–Crippen MR) is 133 cm³/mol. The van der Waals surface area contributed by atoms with Gasteiger partial charge in [0.1, 0.15) is 5.03 Å². The van der Waals surface area contributed by atoms with Gasteiger partial charge in [-0.15, -0.1) is 0 Å². The average molecular weight is 465 g/mol. The van der Waals surface area contributed by atoms with E-state index in [1.807, 2.05) is 67.5 Å². The van der Waals surface area contributed by atoms with Gasteiger partial charge in [0, 0.05) is 50.4 Å². The topological polar surface area (TPSA) is 74.8 Å². The van der Waals surface area contributed by atoms with E-state index in [1.165, 1.54) is 0 Å². The number of rotatable bonds is 7. The molecule has 1 amide bonds. The molecule has 1 saturated heterocycles. The fourth-order valence-electron chi connectivity index (χ4n) is 3.80. The molecule has 0 saturated carbocycles. The van der Waals surface area contributed by atoms with Gasteiger partial charge in [0.05, 0.1) is 35.3 Å². The Kier molecular flexibility index (Phi) is 7.36. The molecule has 0 radical (unpaired) electrons. The molecule has 8 heteroatoms. The second-order valence-electron chi connectivity index (χ2n) is 7.97. The van der Waals surface area contributed by atoms with Crippen LogP contribution in [-0.4, -0.2) is 55.5 Å². The summed E-state index contributed by atoms with van der Waals surface area (Å²) in [6.07, 6.45) is 1.57. The second kappa shape index (κ2) is 10.6. The zero-order chi connectivity index (χ0) is 23.2. The first kappa shape index (κ1) is 22.9. The van der Waals surface area contributed by atoms with E-state index in [0.717, 1.165) is 43.2 Å². The zero-order valence-corrected chi connectivity index (χ0v) is 19.7. The van der Waals surface area contributed by atoms with Gasteiger partial charge in [-0.05, 0) is 48.0 Å². The molecule has 1 aliphatic rings. The summed E-state index contributed by atoms with van der Waals surface area (Å²) >= 11 is 0. The number of carbonyl (C=O) groups is 1. The van der Waals surface area contributed by atoms with Crippen LogP contribution in [0.15, 0.2) is 71.9 Å². The van der Waals surface area contributed by atoms with Crippen LogP contribution in [0.5, 0.6) is 0 Å². The molecule has 2 aromatic carbocycles. The van der Waals surface area contributed by atoms with E-state index in [2.05, 4.69) is 15.2 Å². The lowest BCUT2D eigenvalue weighted by molar-refractivity contribution is 0.102. The highest BCUT2D eigenvalue weighted by molar-refractivity contribution is 7.84. The highest BCUT2D eigenvalue weighted by atomic mass is 32.2. The lowest BCUT2D eigenvalue weighted by Crippen LogP contribution is -2.36. The SMILES string of the molecule is CN(C)c1ccccc1CS(=O)c1ncccc1C(=O)Nc1ccc(N2CCOCC2)cc1. The Bertz CT molecular complexity index is 1130. The lowest BCUT2D eigenvalue weighted by Gasteiger charge is -2.28. The van der Waals surface area contributed by atoms with Gasteiger partial charge >= 0.3 is 0 Å². The molecule has 0 spiro atoms. The first-order chi connectivity index (χ1) is 16.0. The van der Waals surface area contributed by atoms with Crippen molar-refractivity contribution in [3.05, 3.63) is 78.0 Å². The van der Waals surface area contributed by atoms with Crippen molar-refractivity contribution in [2.45, 2.75) is 10.8 Å². The maximum atomic E-state index is 13.2. The van der Waals surface area contributed by atoms with Crippen molar-refractivity contribution in [2.24, 2.45) is 0 Å². The van der Waals surface area contributed by atoms with Crippen LogP contribution >= 0.6 is 0 Å². The summed E-state index contributed by atoms with van der Waals surface area (Å²) in [6, 6.07) is 18.9. The van der Waals surface area contributed by atoms with Gasteiger partial charge in [-0.2, -0.15) is 0 Å². The molecule has 4 rings (SSSR count). The number of carbonyl (C=O) groups excluding carboxylic acids is 1. The molecule has 1 N–H and O–H groups in total. The summed E-state index contributed by atoms with van der Waals surface area (Å²) < 4.78 is 18.6. The van der Waals surface area contributed by atoms with Crippen molar-refractivity contribution in [1.82, 2.24) is 4.98 Å². The van der Waals surface area contributed by atoms with Crippen LogP contribution in [0.25, 0.3) is 0 Å². The third kappa shape index (κ3) is 5.58. The molecule has 1 unspecified atom stereocenters. The van der Waals surface area contributed by atoms with Crippen molar-refractivity contribution < 1.29 is 13.7 Å². The molecule has 1 aromatic heterocycles. The maximum Gasteiger partial charge on any atom is 0.258 e. The fourth-order valence-corrected chi connectivity index (χ4v) is 5.05. The number of morpholine rings is 1. The summed E-state index contributed by atoms with van der Waals surface area (Å²) in [6.45, 7) is 3.15. The third-order valence-corrected chi connectivity index (χ3v) is 6.82. The number of nitrogens with one attached hydrogen (secondary N) is 1. The van der Waals surface area contributed by atoms with Gasteiger partial charge in [-0.3, -0.25) is 9.00 Å². The number of para-hydroxylation sites is 1. The molecule has 33 heavy (non-hydrogen) atoms. The van der Waals surface area contributed by atoms with Crippen molar-refractivity contribution in [1.29, 1.82) is 0 Å². The quantitative estimate of drug-likeness (QED) is 0.577. The average Bonchev–Trinajstić information content (AvgIpc) is 2.85. The first-order valence-electron chi connectivity index (χ1n) is 10.9. The minimum absolute atomic E-state index is 0.278. The Morgan fingerprint density at radius 2 is 1.79 bits per heavy atom. The zero-order valence-electron chi connectivity index (χ0n) is 18.9. The van der Waals surface area contributed by atoms with Crippen LogP contribution in [0.4, 0.5) is 17.1 Å². The minimum atomic E-state index is -1.48. The van der Waals surface area contributed by atoms with Crippen molar-refractivity contribution in [2.75, 3.05) is 55.5 Å². The van der Waals surface area contributed by atoms with E-state index in [0.29, 0.717) is 11.3 Å². The van der Waals surface area contributed by atoms with Crippen LogP contribution in [0.3, 0.4) is 0 Å². The van der Waals surface area contributed by atoms with Gasteiger partial charge in [0.2, 0.25) is 0 Å². The summed E-state index contributed by atoms with van der Waals surface area (Å²) in [5.74, 6) is -0.0497. The summed E-state index contributed by atoms with van der Waals surface area (Å²) in [7, 11) is 2.42. The van der Waals surface area contributed by atoms with Crippen molar-refractivity contribution in [3.63, 3.8) is 0 Å². The van der Waals surface area contributed by atoms with Crippen LogP contribution in [0, 0.1) is 0 Å². The predicted octanol–water partition coefficient (Wildman–Crippen LogP) is 3.54. The number of ether oxygens (including phenoxy) is 1. The standard InChI is InChI=1S/C25H28N4O3S/c1-28(2)23-8-4-3-6-19(23)18-33(31)25-22(7-5-13-26-25)24(30)27-20-9-11-21(12-10-20)29-14-16-32-17-15-29/h3-13H,14-18H2,1-2H3,(H,27,30). The van der Waals surface area contributed by atoms with Crippen molar-refractivity contribution in [3.8, 4) is 0 Å². The van der Waals surface area contributed by atoms with Gasteiger partial charge in [-0.1, -0.05) is 18.2 Å². The van der Waals surface area contributed by atoms with Crippen LogP contribution in [-0.2, 0) is 21.3 Å². The number of benzene rings is 2. The largest absolute Gasteiger partial charge is 0.378 e. The molecule has 0 bridgehead atoms.